The monoisotopic (exact) mass is 271 g/mol. The third-order valence-corrected chi connectivity index (χ3v) is 2.92. The molecule has 0 heterocycles. The molecule has 1 amide bonds. The van der Waals surface area contributed by atoms with Gasteiger partial charge in [-0.25, -0.2) is 0 Å². The van der Waals surface area contributed by atoms with Crippen LogP contribution in [0.15, 0.2) is 18.2 Å². The topological polar surface area (TPSA) is 84.3 Å². The van der Waals surface area contributed by atoms with E-state index in [2.05, 4.69) is 10.6 Å². The summed E-state index contributed by atoms with van der Waals surface area (Å²) in [5.74, 6) is -0.277. The largest absolute Gasteiger partial charge is 0.323 e. The molecule has 0 saturated heterocycles. The normalized spacial score (nSPS) is 11.1. The highest BCUT2D eigenvalue weighted by Crippen LogP contribution is 2.27. The highest BCUT2D eigenvalue weighted by Gasteiger charge is 2.25. The summed E-state index contributed by atoms with van der Waals surface area (Å²) in [5, 5.41) is 16.1. The number of amides is 1. The first kappa shape index (κ1) is 14.4. The lowest BCUT2D eigenvalue weighted by Gasteiger charge is -2.22. The molecule has 0 atom stereocenters. The minimum atomic E-state index is -0.759. The van der Waals surface area contributed by atoms with E-state index < -0.39 is 10.5 Å². The molecule has 1 aromatic carbocycles. The molecule has 0 radical (unpaired) electrons. The van der Waals surface area contributed by atoms with E-state index in [4.69, 9.17) is 11.6 Å². The van der Waals surface area contributed by atoms with E-state index >= 15 is 0 Å². The van der Waals surface area contributed by atoms with Gasteiger partial charge in [0, 0.05) is 12.1 Å². The van der Waals surface area contributed by atoms with Crippen LogP contribution in [0.3, 0.4) is 0 Å². The predicted octanol–water partition coefficient (Wildman–Crippen LogP) is 2.18. The van der Waals surface area contributed by atoms with Crippen LogP contribution in [0.4, 0.5) is 11.4 Å². The Morgan fingerprint density at radius 1 is 1.44 bits per heavy atom. The van der Waals surface area contributed by atoms with Crippen molar-refractivity contribution in [1.29, 1.82) is 0 Å². The number of likely N-dealkylation sites (N-methyl/N-ethyl adjacent to an activating group) is 1. The Hall–Kier alpha value is -1.66. The Labute approximate surface area is 109 Å². The number of nitrogens with zero attached hydrogens (tertiary/aromatic N) is 1. The van der Waals surface area contributed by atoms with E-state index in [0.717, 1.165) is 0 Å². The van der Waals surface area contributed by atoms with E-state index in [1.165, 1.54) is 18.2 Å². The van der Waals surface area contributed by atoms with E-state index in [0.29, 0.717) is 5.69 Å². The van der Waals surface area contributed by atoms with Crippen molar-refractivity contribution in [3.8, 4) is 0 Å². The molecular formula is C11H14ClN3O3. The van der Waals surface area contributed by atoms with Crippen LogP contribution < -0.4 is 10.6 Å². The number of nitro benzene ring substituents is 1. The molecule has 1 aromatic rings. The summed E-state index contributed by atoms with van der Waals surface area (Å²) < 4.78 is 0. The molecule has 0 fully saturated rings. The van der Waals surface area contributed by atoms with Gasteiger partial charge in [0.25, 0.3) is 5.69 Å². The van der Waals surface area contributed by atoms with Crippen molar-refractivity contribution in [3.05, 3.63) is 33.3 Å². The quantitative estimate of drug-likeness (QED) is 0.649. The van der Waals surface area contributed by atoms with Gasteiger partial charge in [0.2, 0.25) is 5.91 Å². The van der Waals surface area contributed by atoms with E-state index in [1.54, 1.807) is 20.9 Å². The Kier molecular flexibility index (Phi) is 4.26. The zero-order valence-electron chi connectivity index (χ0n) is 10.3. The number of nitrogens with one attached hydrogen (secondary N) is 2. The maximum absolute atomic E-state index is 11.9. The molecule has 0 aromatic heterocycles. The van der Waals surface area contributed by atoms with Gasteiger partial charge in [-0.05, 0) is 27.0 Å². The number of carbonyl (C=O) groups excluding carboxylic acids is 1. The molecule has 0 saturated carbocycles. The van der Waals surface area contributed by atoms with Crippen LogP contribution in [0.2, 0.25) is 5.02 Å². The molecule has 0 bridgehead atoms. The molecule has 0 spiro atoms. The van der Waals surface area contributed by atoms with E-state index in [-0.39, 0.29) is 16.6 Å². The van der Waals surface area contributed by atoms with Crippen LogP contribution in [0.1, 0.15) is 13.8 Å². The summed E-state index contributed by atoms with van der Waals surface area (Å²) in [5.41, 5.74) is -0.535. The SMILES string of the molecule is CNC(C)(C)C(=O)Nc1ccc([N+](=O)[O-])cc1Cl. The van der Waals surface area contributed by atoms with Gasteiger partial charge in [0.05, 0.1) is 21.2 Å². The van der Waals surface area contributed by atoms with Crippen molar-refractivity contribution in [2.75, 3.05) is 12.4 Å². The minimum Gasteiger partial charge on any atom is -0.323 e. The van der Waals surface area contributed by atoms with Gasteiger partial charge >= 0.3 is 0 Å². The Bertz CT molecular complexity index is 488. The van der Waals surface area contributed by atoms with Crippen molar-refractivity contribution >= 4 is 28.9 Å². The lowest BCUT2D eigenvalue weighted by Crippen LogP contribution is -2.47. The standard InChI is InChI=1S/C11H14ClN3O3/c1-11(2,13-3)10(16)14-9-5-4-7(15(17)18)6-8(9)12/h4-6,13H,1-3H3,(H,14,16). The smallest absolute Gasteiger partial charge is 0.271 e. The summed E-state index contributed by atoms with van der Waals surface area (Å²) in [6.45, 7) is 3.42. The summed E-state index contributed by atoms with van der Waals surface area (Å²) >= 11 is 5.87. The van der Waals surface area contributed by atoms with Crippen LogP contribution in [-0.2, 0) is 4.79 Å². The lowest BCUT2D eigenvalue weighted by atomic mass is 10.1. The minimum absolute atomic E-state index is 0.120. The molecular weight excluding hydrogens is 258 g/mol. The van der Waals surface area contributed by atoms with Crippen LogP contribution in [0, 0.1) is 10.1 Å². The number of nitro groups is 1. The number of halogens is 1. The van der Waals surface area contributed by atoms with Crippen molar-refractivity contribution in [1.82, 2.24) is 5.32 Å². The van der Waals surface area contributed by atoms with Crippen molar-refractivity contribution in [2.24, 2.45) is 0 Å². The number of benzene rings is 1. The van der Waals surface area contributed by atoms with E-state index in [1.807, 2.05) is 0 Å². The third kappa shape index (κ3) is 3.18. The molecule has 0 aliphatic rings. The van der Waals surface area contributed by atoms with Crippen LogP contribution in [0.25, 0.3) is 0 Å². The fourth-order valence-electron chi connectivity index (χ4n) is 1.11. The Morgan fingerprint density at radius 3 is 2.50 bits per heavy atom. The van der Waals surface area contributed by atoms with Crippen LogP contribution in [-0.4, -0.2) is 23.4 Å². The highest BCUT2D eigenvalue weighted by molar-refractivity contribution is 6.34. The first-order valence-electron chi connectivity index (χ1n) is 5.22. The molecule has 98 valence electrons. The number of non-ortho nitro benzene ring substituents is 1. The Balaban J connectivity index is 2.93. The first-order chi connectivity index (χ1) is 8.27. The molecule has 7 heteroatoms. The molecule has 0 aliphatic heterocycles. The fourth-order valence-corrected chi connectivity index (χ4v) is 1.33. The molecule has 18 heavy (non-hydrogen) atoms. The number of hydrogen-bond donors (Lipinski definition) is 2. The zero-order chi connectivity index (χ0) is 13.9. The summed E-state index contributed by atoms with van der Waals surface area (Å²) in [6.07, 6.45) is 0. The van der Waals surface area contributed by atoms with Crippen LogP contribution >= 0.6 is 11.6 Å². The second-order valence-electron chi connectivity index (χ2n) is 4.25. The maximum Gasteiger partial charge on any atom is 0.271 e. The van der Waals surface area contributed by atoms with Crippen LogP contribution in [0.5, 0.6) is 0 Å². The van der Waals surface area contributed by atoms with E-state index in [9.17, 15) is 14.9 Å². The van der Waals surface area contributed by atoms with Gasteiger partial charge in [0.15, 0.2) is 0 Å². The van der Waals surface area contributed by atoms with Crippen molar-refractivity contribution in [2.45, 2.75) is 19.4 Å². The van der Waals surface area contributed by atoms with Gasteiger partial charge in [0.1, 0.15) is 0 Å². The predicted molar refractivity (Wildman–Crippen MR) is 69.9 cm³/mol. The number of rotatable bonds is 4. The molecule has 6 nitrogen and oxygen atoms in total. The van der Waals surface area contributed by atoms with Gasteiger partial charge in [-0.1, -0.05) is 11.6 Å². The number of carbonyl (C=O) groups is 1. The average Bonchev–Trinajstić information content (AvgIpc) is 2.31. The molecule has 0 aliphatic carbocycles. The first-order valence-corrected chi connectivity index (χ1v) is 5.60. The zero-order valence-corrected chi connectivity index (χ0v) is 11.0. The van der Waals surface area contributed by atoms with Gasteiger partial charge < -0.3 is 10.6 Å². The van der Waals surface area contributed by atoms with Gasteiger partial charge in [-0.2, -0.15) is 0 Å². The summed E-state index contributed by atoms with van der Waals surface area (Å²) in [6, 6.07) is 3.89. The second kappa shape index (κ2) is 5.32. The molecule has 2 N–H and O–H groups in total. The lowest BCUT2D eigenvalue weighted by molar-refractivity contribution is -0.384. The Morgan fingerprint density at radius 2 is 2.06 bits per heavy atom. The number of hydrogen-bond acceptors (Lipinski definition) is 4. The fraction of sp³-hybridized carbons (Fsp3) is 0.364. The highest BCUT2D eigenvalue weighted by atomic mass is 35.5. The summed E-state index contributed by atoms with van der Waals surface area (Å²) in [7, 11) is 1.66. The summed E-state index contributed by atoms with van der Waals surface area (Å²) in [4.78, 5) is 21.9. The molecule has 1 rings (SSSR count). The van der Waals surface area contributed by atoms with Crippen molar-refractivity contribution < 1.29 is 9.72 Å². The second-order valence-corrected chi connectivity index (χ2v) is 4.66. The number of anilines is 1. The van der Waals surface area contributed by atoms with Gasteiger partial charge in [-0.15, -0.1) is 0 Å². The van der Waals surface area contributed by atoms with Crippen molar-refractivity contribution in [3.63, 3.8) is 0 Å². The van der Waals surface area contributed by atoms with Gasteiger partial charge in [-0.3, -0.25) is 14.9 Å². The third-order valence-electron chi connectivity index (χ3n) is 2.60. The molecule has 0 unspecified atom stereocenters. The maximum atomic E-state index is 11.9. The average molecular weight is 272 g/mol.